The summed E-state index contributed by atoms with van der Waals surface area (Å²) in [5, 5.41) is 2.71. The van der Waals surface area contributed by atoms with Gasteiger partial charge in [0.25, 0.3) is 5.91 Å². The van der Waals surface area contributed by atoms with Gasteiger partial charge in [-0.25, -0.2) is 15.0 Å². The molecule has 2 heterocycles. The van der Waals surface area contributed by atoms with Crippen LogP contribution in [-0.4, -0.2) is 40.7 Å². The number of pyridine rings is 1. The second kappa shape index (κ2) is 9.56. The van der Waals surface area contributed by atoms with E-state index in [1.807, 2.05) is 6.92 Å². The first-order valence-electron chi connectivity index (χ1n) is 8.92. The average Bonchev–Trinajstić information content (AvgIpc) is 2.74. The van der Waals surface area contributed by atoms with Crippen LogP contribution in [0.1, 0.15) is 17.4 Å². The summed E-state index contributed by atoms with van der Waals surface area (Å²) in [6, 6.07) is 7.94. The molecule has 1 amide bonds. The van der Waals surface area contributed by atoms with Gasteiger partial charge in [-0.05, 0) is 36.8 Å². The zero-order valence-electron chi connectivity index (χ0n) is 15.8. The monoisotopic (exact) mass is 397 g/mol. The molecule has 0 saturated carbocycles. The van der Waals surface area contributed by atoms with Crippen LogP contribution in [0.25, 0.3) is 11.1 Å². The van der Waals surface area contributed by atoms with Crippen LogP contribution in [0, 0.1) is 5.95 Å². The van der Waals surface area contributed by atoms with Crippen LogP contribution in [-0.2, 0) is 4.74 Å². The van der Waals surface area contributed by atoms with Gasteiger partial charge in [0.2, 0.25) is 11.8 Å². The zero-order valence-corrected chi connectivity index (χ0v) is 15.8. The van der Waals surface area contributed by atoms with Crippen LogP contribution >= 0.6 is 0 Å². The molecule has 0 spiro atoms. The van der Waals surface area contributed by atoms with Crippen LogP contribution in [0.3, 0.4) is 0 Å². The van der Waals surface area contributed by atoms with E-state index in [1.165, 1.54) is 24.7 Å². The molecule has 0 fully saturated rings. The van der Waals surface area contributed by atoms with E-state index in [2.05, 4.69) is 20.3 Å². The molecule has 0 saturated heterocycles. The summed E-state index contributed by atoms with van der Waals surface area (Å²) in [6.45, 7) is 3.29. The van der Waals surface area contributed by atoms with Crippen molar-refractivity contribution >= 4 is 17.3 Å². The molecule has 0 aliphatic rings. The highest BCUT2D eigenvalue weighted by Crippen LogP contribution is 2.27. The molecule has 8 nitrogen and oxygen atoms in total. The summed E-state index contributed by atoms with van der Waals surface area (Å²) in [4.78, 5) is 24.2. The third-order valence-corrected chi connectivity index (χ3v) is 3.90. The second-order valence-corrected chi connectivity index (χ2v) is 5.91. The van der Waals surface area contributed by atoms with Crippen LogP contribution < -0.4 is 15.8 Å². The highest BCUT2D eigenvalue weighted by molar-refractivity contribution is 6.04. The number of carbonyl (C=O) groups excluding carboxylic acids is 1. The van der Waals surface area contributed by atoms with Gasteiger partial charge < -0.3 is 20.5 Å². The van der Waals surface area contributed by atoms with Crippen molar-refractivity contribution in [3.63, 3.8) is 0 Å². The lowest BCUT2D eigenvalue weighted by molar-refractivity contribution is 0.101. The Hall–Kier alpha value is -3.59. The van der Waals surface area contributed by atoms with Gasteiger partial charge in [0.05, 0.1) is 30.4 Å². The van der Waals surface area contributed by atoms with Crippen molar-refractivity contribution in [3.05, 3.63) is 60.6 Å². The molecule has 1 aromatic carbocycles. The molecule has 3 N–H and O–H groups in total. The minimum atomic E-state index is -0.568. The fourth-order valence-corrected chi connectivity index (χ4v) is 2.43. The number of amides is 1. The standard InChI is InChI=1S/C20H20FN5O3/c1-2-28-7-8-29-19-12-23-17(11-25-19)20(27)26-16-9-13(3-5-15(16)22)14-4-6-18(21)24-10-14/h3-6,9-12H,2,7-8,22H2,1H3,(H,26,27). The molecular weight excluding hydrogens is 377 g/mol. The van der Waals surface area contributed by atoms with Gasteiger partial charge in [-0.1, -0.05) is 6.07 Å². The second-order valence-electron chi connectivity index (χ2n) is 5.91. The number of nitrogen functional groups attached to an aromatic ring is 1. The molecule has 29 heavy (non-hydrogen) atoms. The quantitative estimate of drug-likeness (QED) is 0.341. The topological polar surface area (TPSA) is 112 Å². The molecule has 0 aliphatic heterocycles. The fraction of sp³-hybridized carbons (Fsp3) is 0.200. The van der Waals surface area contributed by atoms with Gasteiger partial charge in [-0.15, -0.1) is 0 Å². The maximum Gasteiger partial charge on any atom is 0.275 e. The largest absolute Gasteiger partial charge is 0.474 e. The smallest absolute Gasteiger partial charge is 0.275 e. The Bertz CT molecular complexity index is 965. The Labute approximate surface area is 166 Å². The van der Waals surface area contributed by atoms with Crippen molar-refractivity contribution < 1.29 is 18.7 Å². The molecular formula is C20H20FN5O3. The van der Waals surface area contributed by atoms with Crippen molar-refractivity contribution in [1.82, 2.24) is 15.0 Å². The third-order valence-electron chi connectivity index (χ3n) is 3.90. The van der Waals surface area contributed by atoms with E-state index in [-0.39, 0.29) is 5.69 Å². The Kier molecular flexibility index (Phi) is 6.64. The number of nitrogens with zero attached hydrogens (tertiary/aromatic N) is 3. The van der Waals surface area contributed by atoms with Crippen molar-refractivity contribution in [2.24, 2.45) is 0 Å². The summed E-state index contributed by atoms with van der Waals surface area (Å²) >= 11 is 0. The van der Waals surface area contributed by atoms with Gasteiger partial charge in [0.15, 0.2) is 0 Å². The molecule has 0 radical (unpaired) electrons. The minimum Gasteiger partial charge on any atom is -0.474 e. The van der Waals surface area contributed by atoms with Gasteiger partial charge in [-0.2, -0.15) is 4.39 Å². The summed E-state index contributed by atoms with van der Waals surface area (Å²) in [7, 11) is 0. The lowest BCUT2D eigenvalue weighted by atomic mass is 10.1. The number of carbonyl (C=O) groups is 1. The molecule has 9 heteroatoms. The van der Waals surface area contributed by atoms with E-state index in [4.69, 9.17) is 15.2 Å². The number of nitrogens with one attached hydrogen (secondary N) is 1. The number of ether oxygens (including phenoxy) is 2. The highest BCUT2D eigenvalue weighted by Gasteiger charge is 2.12. The normalized spacial score (nSPS) is 10.6. The van der Waals surface area contributed by atoms with Crippen molar-refractivity contribution in [3.8, 4) is 17.0 Å². The molecule has 3 rings (SSSR count). The summed E-state index contributed by atoms with van der Waals surface area (Å²) in [5.41, 5.74) is 8.26. The number of hydrogen-bond donors (Lipinski definition) is 2. The Morgan fingerprint density at radius 1 is 1.07 bits per heavy atom. The Balaban J connectivity index is 1.68. The fourth-order valence-electron chi connectivity index (χ4n) is 2.43. The first-order valence-corrected chi connectivity index (χ1v) is 8.92. The lowest BCUT2D eigenvalue weighted by Crippen LogP contribution is -2.15. The third kappa shape index (κ3) is 5.45. The van der Waals surface area contributed by atoms with E-state index in [9.17, 15) is 9.18 Å². The van der Waals surface area contributed by atoms with Crippen LogP contribution in [0.4, 0.5) is 15.8 Å². The SMILES string of the molecule is CCOCCOc1cnc(C(=O)Nc2cc(-c3ccc(F)nc3)ccc2N)cn1. The molecule has 2 aromatic heterocycles. The van der Waals surface area contributed by atoms with Crippen LogP contribution in [0.5, 0.6) is 5.88 Å². The number of benzene rings is 1. The zero-order chi connectivity index (χ0) is 20.6. The lowest BCUT2D eigenvalue weighted by Gasteiger charge is -2.10. The minimum absolute atomic E-state index is 0.107. The van der Waals surface area contributed by atoms with E-state index in [1.54, 1.807) is 24.3 Å². The van der Waals surface area contributed by atoms with Gasteiger partial charge >= 0.3 is 0 Å². The number of hydrogen-bond acceptors (Lipinski definition) is 7. The number of anilines is 2. The van der Waals surface area contributed by atoms with Crippen molar-refractivity contribution in [2.75, 3.05) is 30.9 Å². The van der Waals surface area contributed by atoms with E-state index >= 15 is 0 Å². The maximum absolute atomic E-state index is 13.0. The van der Waals surface area contributed by atoms with Crippen molar-refractivity contribution in [1.29, 1.82) is 0 Å². The number of nitrogens with two attached hydrogens (primary N) is 1. The average molecular weight is 397 g/mol. The Morgan fingerprint density at radius 2 is 1.90 bits per heavy atom. The predicted molar refractivity (Wildman–Crippen MR) is 106 cm³/mol. The van der Waals surface area contributed by atoms with Gasteiger partial charge in [-0.3, -0.25) is 4.79 Å². The molecule has 0 atom stereocenters. The molecule has 3 aromatic rings. The summed E-state index contributed by atoms with van der Waals surface area (Å²) in [6.07, 6.45) is 4.09. The Morgan fingerprint density at radius 3 is 2.59 bits per heavy atom. The van der Waals surface area contributed by atoms with E-state index in [0.29, 0.717) is 42.6 Å². The maximum atomic E-state index is 13.0. The highest BCUT2D eigenvalue weighted by atomic mass is 19.1. The van der Waals surface area contributed by atoms with Crippen molar-refractivity contribution in [2.45, 2.75) is 6.92 Å². The number of rotatable bonds is 8. The molecule has 0 aliphatic carbocycles. The van der Waals surface area contributed by atoms with E-state index < -0.39 is 11.9 Å². The number of aromatic nitrogens is 3. The first kappa shape index (κ1) is 20.2. The predicted octanol–water partition coefficient (Wildman–Crippen LogP) is 2.93. The molecule has 0 bridgehead atoms. The van der Waals surface area contributed by atoms with Crippen LogP contribution in [0.2, 0.25) is 0 Å². The van der Waals surface area contributed by atoms with Gasteiger partial charge in [0.1, 0.15) is 12.3 Å². The van der Waals surface area contributed by atoms with Crippen LogP contribution in [0.15, 0.2) is 48.9 Å². The number of halogens is 1. The first-order chi connectivity index (χ1) is 14.1. The summed E-state index contributed by atoms with van der Waals surface area (Å²) < 4.78 is 23.6. The molecule has 0 unspecified atom stereocenters. The van der Waals surface area contributed by atoms with E-state index in [0.717, 1.165) is 5.56 Å². The summed E-state index contributed by atoms with van der Waals surface area (Å²) in [5.74, 6) is -0.743. The van der Waals surface area contributed by atoms with Gasteiger partial charge in [0, 0.05) is 18.4 Å². The molecule has 150 valence electrons.